The molecule has 1 aliphatic heterocycles. The van der Waals surface area contributed by atoms with E-state index >= 15 is 0 Å². The summed E-state index contributed by atoms with van der Waals surface area (Å²) in [7, 11) is 0. The van der Waals surface area contributed by atoms with Gasteiger partial charge in [-0.3, -0.25) is 4.79 Å². The summed E-state index contributed by atoms with van der Waals surface area (Å²) < 4.78 is 7.60. The molecule has 5 rings (SSSR count). The highest BCUT2D eigenvalue weighted by molar-refractivity contribution is 5.88. The minimum absolute atomic E-state index is 0.00712. The van der Waals surface area contributed by atoms with E-state index in [1.165, 1.54) is 0 Å². The summed E-state index contributed by atoms with van der Waals surface area (Å²) >= 11 is 0. The van der Waals surface area contributed by atoms with E-state index in [0.717, 1.165) is 54.2 Å². The molecule has 0 radical (unpaired) electrons. The molecule has 0 bridgehead atoms. The van der Waals surface area contributed by atoms with Gasteiger partial charge in [0, 0.05) is 32.1 Å². The molecule has 1 aliphatic rings. The molecule has 3 heterocycles. The van der Waals surface area contributed by atoms with Gasteiger partial charge in [0.05, 0.1) is 17.3 Å². The van der Waals surface area contributed by atoms with Gasteiger partial charge >= 0.3 is 0 Å². The molecular weight excluding hydrogens is 464 g/mol. The predicted molar refractivity (Wildman–Crippen MR) is 145 cm³/mol. The van der Waals surface area contributed by atoms with Crippen molar-refractivity contribution in [3.05, 3.63) is 72.7 Å². The molecule has 1 atom stereocenters. The first-order chi connectivity index (χ1) is 18.1. The van der Waals surface area contributed by atoms with Crippen molar-refractivity contribution in [2.45, 2.75) is 39.0 Å². The number of aromatic nitrogens is 4. The Morgan fingerprint density at radius 2 is 1.73 bits per heavy atom. The Labute approximate surface area is 217 Å². The fourth-order valence-corrected chi connectivity index (χ4v) is 4.82. The van der Waals surface area contributed by atoms with Crippen LogP contribution in [0.25, 0.3) is 16.7 Å². The standard InChI is InChI=1S/C29H34N6O2/c1-3-11-22(2)27-31-28(25-20-30-35(29(25)32-27)23-12-6-4-7-13-23)34-17-10-16-33(18-19-34)26(36)21-37-24-14-8-5-9-15-24/h4-9,12-15,20,22H,3,10-11,16-19,21H2,1-2H3/t22-/m1/s1. The second-order valence-corrected chi connectivity index (χ2v) is 9.55. The van der Waals surface area contributed by atoms with Gasteiger partial charge in [-0.05, 0) is 37.1 Å². The van der Waals surface area contributed by atoms with Gasteiger partial charge in [0.25, 0.3) is 5.91 Å². The average molecular weight is 499 g/mol. The summed E-state index contributed by atoms with van der Waals surface area (Å²) in [6.07, 6.45) is 4.82. The molecule has 4 aromatic rings. The maximum absolute atomic E-state index is 12.9. The van der Waals surface area contributed by atoms with Gasteiger partial charge in [0.2, 0.25) is 0 Å². The van der Waals surface area contributed by atoms with Gasteiger partial charge in [-0.1, -0.05) is 56.7 Å². The number of carbonyl (C=O) groups excluding carboxylic acids is 1. The van der Waals surface area contributed by atoms with E-state index in [4.69, 9.17) is 19.8 Å². The van der Waals surface area contributed by atoms with E-state index < -0.39 is 0 Å². The van der Waals surface area contributed by atoms with Gasteiger partial charge in [-0.15, -0.1) is 0 Å². The fourth-order valence-electron chi connectivity index (χ4n) is 4.82. The van der Waals surface area contributed by atoms with Crippen molar-refractivity contribution in [2.24, 2.45) is 0 Å². The number of amides is 1. The third kappa shape index (κ3) is 5.58. The van der Waals surface area contributed by atoms with Crippen LogP contribution in [0.1, 0.15) is 44.9 Å². The normalized spacial score (nSPS) is 15.0. The largest absolute Gasteiger partial charge is 0.484 e. The highest BCUT2D eigenvalue weighted by Gasteiger charge is 2.24. The third-order valence-corrected chi connectivity index (χ3v) is 6.84. The number of para-hydroxylation sites is 2. The smallest absolute Gasteiger partial charge is 0.260 e. The van der Waals surface area contributed by atoms with Gasteiger partial charge in [0.1, 0.15) is 17.4 Å². The molecule has 0 saturated carbocycles. The average Bonchev–Trinajstić information content (AvgIpc) is 3.21. The summed E-state index contributed by atoms with van der Waals surface area (Å²) in [5.74, 6) is 2.70. The Morgan fingerprint density at radius 3 is 2.49 bits per heavy atom. The number of ether oxygens (including phenoxy) is 1. The number of benzene rings is 2. The molecule has 192 valence electrons. The quantitative estimate of drug-likeness (QED) is 0.346. The van der Waals surface area contributed by atoms with Crippen molar-refractivity contribution in [3.63, 3.8) is 0 Å². The third-order valence-electron chi connectivity index (χ3n) is 6.84. The van der Waals surface area contributed by atoms with Gasteiger partial charge in [-0.2, -0.15) is 5.10 Å². The highest BCUT2D eigenvalue weighted by atomic mass is 16.5. The molecule has 1 amide bonds. The number of hydrogen-bond donors (Lipinski definition) is 0. The topological polar surface area (TPSA) is 76.4 Å². The molecular formula is C29H34N6O2. The van der Waals surface area contributed by atoms with Crippen LogP contribution >= 0.6 is 0 Å². The highest BCUT2D eigenvalue weighted by Crippen LogP contribution is 2.29. The van der Waals surface area contributed by atoms with E-state index in [1.807, 2.05) is 76.4 Å². The van der Waals surface area contributed by atoms with E-state index in [2.05, 4.69) is 18.7 Å². The van der Waals surface area contributed by atoms with Crippen LogP contribution in [0.15, 0.2) is 66.9 Å². The van der Waals surface area contributed by atoms with Crippen molar-refractivity contribution >= 4 is 22.8 Å². The maximum atomic E-state index is 12.9. The lowest BCUT2D eigenvalue weighted by molar-refractivity contribution is -0.133. The SMILES string of the molecule is CCC[C@@H](C)c1nc(N2CCCN(C(=O)COc3ccccc3)CC2)c2cnn(-c3ccccc3)c2n1. The Kier molecular flexibility index (Phi) is 7.63. The molecule has 8 nitrogen and oxygen atoms in total. The summed E-state index contributed by atoms with van der Waals surface area (Å²) in [5, 5.41) is 5.63. The van der Waals surface area contributed by atoms with Crippen molar-refractivity contribution in [1.82, 2.24) is 24.6 Å². The lowest BCUT2D eigenvalue weighted by Crippen LogP contribution is -2.38. The van der Waals surface area contributed by atoms with E-state index in [9.17, 15) is 4.79 Å². The van der Waals surface area contributed by atoms with Gasteiger partial charge in [-0.25, -0.2) is 14.6 Å². The lowest BCUT2D eigenvalue weighted by Gasteiger charge is -2.24. The van der Waals surface area contributed by atoms with Crippen molar-refractivity contribution < 1.29 is 9.53 Å². The fraction of sp³-hybridized carbons (Fsp3) is 0.379. The second kappa shape index (κ2) is 11.4. The molecule has 0 N–H and O–H groups in total. The van der Waals surface area contributed by atoms with Crippen LogP contribution in [0.5, 0.6) is 5.75 Å². The zero-order valence-corrected chi connectivity index (χ0v) is 21.6. The van der Waals surface area contributed by atoms with Crippen LogP contribution in [0.4, 0.5) is 5.82 Å². The zero-order chi connectivity index (χ0) is 25.6. The second-order valence-electron chi connectivity index (χ2n) is 9.55. The Morgan fingerprint density at radius 1 is 0.973 bits per heavy atom. The first-order valence-electron chi connectivity index (χ1n) is 13.2. The van der Waals surface area contributed by atoms with E-state index in [1.54, 1.807) is 0 Å². The molecule has 2 aromatic carbocycles. The number of nitrogens with zero attached hydrogens (tertiary/aromatic N) is 6. The molecule has 2 aromatic heterocycles. The number of anilines is 1. The number of carbonyl (C=O) groups is 1. The minimum atomic E-state index is 0.00712. The zero-order valence-electron chi connectivity index (χ0n) is 21.6. The number of hydrogen-bond acceptors (Lipinski definition) is 6. The summed E-state index contributed by atoms with van der Waals surface area (Å²) in [4.78, 5) is 27.1. The van der Waals surface area contributed by atoms with Crippen LogP contribution in [0.2, 0.25) is 0 Å². The molecule has 0 spiro atoms. The Hall–Kier alpha value is -3.94. The molecule has 37 heavy (non-hydrogen) atoms. The molecule has 0 aliphatic carbocycles. The van der Waals surface area contributed by atoms with E-state index in [0.29, 0.717) is 25.4 Å². The van der Waals surface area contributed by atoms with Crippen molar-refractivity contribution in [1.29, 1.82) is 0 Å². The first kappa shape index (κ1) is 24.7. The van der Waals surface area contributed by atoms with Crippen LogP contribution < -0.4 is 9.64 Å². The molecule has 1 saturated heterocycles. The van der Waals surface area contributed by atoms with Crippen LogP contribution in [0.3, 0.4) is 0 Å². The van der Waals surface area contributed by atoms with Crippen LogP contribution in [-0.4, -0.2) is 63.3 Å². The summed E-state index contributed by atoms with van der Waals surface area (Å²) in [6, 6.07) is 19.6. The Bertz CT molecular complexity index is 1320. The molecule has 1 fully saturated rings. The van der Waals surface area contributed by atoms with Crippen molar-refractivity contribution in [3.8, 4) is 11.4 Å². The number of rotatable bonds is 8. The molecule has 8 heteroatoms. The summed E-state index contributed by atoms with van der Waals surface area (Å²) in [6.45, 7) is 7.25. The maximum Gasteiger partial charge on any atom is 0.260 e. The summed E-state index contributed by atoms with van der Waals surface area (Å²) in [5.41, 5.74) is 1.80. The van der Waals surface area contributed by atoms with Crippen molar-refractivity contribution in [2.75, 3.05) is 37.7 Å². The molecule has 0 unspecified atom stereocenters. The van der Waals surface area contributed by atoms with Gasteiger partial charge in [0.15, 0.2) is 12.3 Å². The van der Waals surface area contributed by atoms with E-state index in [-0.39, 0.29) is 18.4 Å². The minimum Gasteiger partial charge on any atom is -0.484 e. The van der Waals surface area contributed by atoms with Gasteiger partial charge < -0.3 is 14.5 Å². The Balaban J connectivity index is 1.39. The number of fused-ring (bicyclic) bond motifs is 1. The van der Waals surface area contributed by atoms with Crippen LogP contribution in [-0.2, 0) is 4.79 Å². The first-order valence-corrected chi connectivity index (χ1v) is 13.2. The van der Waals surface area contributed by atoms with Crippen LogP contribution in [0, 0.1) is 0 Å². The predicted octanol–water partition coefficient (Wildman–Crippen LogP) is 4.84. The monoisotopic (exact) mass is 498 g/mol. The lowest BCUT2D eigenvalue weighted by atomic mass is 10.1.